The number of benzene rings is 3. The second-order valence-corrected chi connectivity index (χ2v) is 7.30. The Balaban J connectivity index is 2.53. The number of halogens is 2. The van der Waals surface area contributed by atoms with Crippen LogP contribution in [0.1, 0.15) is 0 Å². The molecule has 0 atom stereocenters. The number of rotatable bonds is 1. The molecule has 20 heavy (non-hydrogen) atoms. The monoisotopic (exact) mass is 413 g/mol. The second-order valence-electron chi connectivity index (χ2n) is 4.34. The molecule has 6 heteroatoms. The normalized spacial score (nSPS) is 12.2. The van der Waals surface area contributed by atoms with Gasteiger partial charge in [-0.25, -0.2) is 8.42 Å². The van der Waals surface area contributed by atoms with E-state index in [0.717, 1.165) is 25.1 Å². The Bertz CT molecular complexity index is 949. The van der Waals surface area contributed by atoms with Gasteiger partial charge in [0, 0.05) is 8.95 Å². The van der Waals surface area contributed by atoms with Gasteiger partial charge in [-0.3, -0.25) is 0 Å². The minimum atomic E-state index is -4.46. The van der Waals surface area contributed by atoms with E-state index in [2.05, 4.69) is 31.9 Å². The molecule has 0 spiro atoms. The van der Waals surface area contributed by atoms with Crippen molar-refractivity contribution < 1.29 is 13.0 Å². The molecule has 0 aliphatic heterocycles. The molecular weight excluding hydrogens is 408 g/mol. The van der Waals surface area contributed by atoms with Crippen LogP contribution >= 0.6 is 31.9 Å². The summed E-state index contributed by atoms with van der Waals surface area (Å²) in [7, 11) is -4.46. The molecule has 0 saturated carbocycles. The zero-order chi connectivity index (χ0) is 14.5. The summed E-state index contributed by atoms with van der Waals surface area (Å²) in [5, 5.41) is 3.51. The Morgan fingerprint density at radius 1 is 0.800 bits per heavy atom. The van der Waals surface area contributed by atoms with E-state index in [1.165, 1.54) is 12.1 Å². The van der Waals surface area contributed by atoms with E-state index in [-0.39, 0.29) is 4.90 Å². The zero-order valence-electron chi connectivity index (χ0n) is 9.93. The first-order valence-electron chi connectivity index (χ1n) is 5.65. The predicted molar refractivity (Wildman–Crippen MR) is 84.8 cm³/mol. The van der Waals surface area contributed by atoms with Crippen molar-refractivity contribution in [3.8, 4) is 0 Å². The van der Waals surface area contributed by atoms with Crippen LogP contribution in [0, 0.1) is 0 Å². The topological polar surface area (TPSA) is 57.2 Å². The molecule has 0 radical (unpaired) electrons. The summed E-state index contributed by atoms with van der Waals surface area (Å²) in [6.45, 7) is 0. The van der Waals surface area contributed by atoms with Crippen molar-refractivity contribution in [1.82, 2.24) is 0 Å². The van der Waals surface area contributed by atoms with Crippen molar-refractivity contribution >= 4 is 63.5 Å². The summed E-state index contributed by atoms with van der Waals surface area (Å²) >= 11 is 7.04. The Kier molecular flexibility index (Phi) is 3.36. The average Bonchev–Trinajstić information content (AvgIpc) is 2.43. The van der Waals surface area contributed by atoms with Crippen molar-refractivity contribution in [2.45, 2.75) is 4.90 Å². The molecule has 3 aromatic rings. The zero-order valence-corrected chi connectivity index (χ0v) is 13.9. The third kappa shape index (κ3) is 2.16. The summed E-state index contributed by atoms with van der Waals surface area (Å²) in [4.78, 5) is -0.229. The molecule has 0 bridgehead atoms. The van der Waals surface area contributed by atoms with Crippen molar-refractivity contribution in [2.75, 3.05) is 0 Å². The Hall–Kier alpha value is -0.950. The Morgan fingerprint density at radius 3 is 1.85 bits per heavy atom. The van der Waals surface area contributed by atoms with Crippen LogP contribution in [-0.2, 0) is 10.1 Å². The molecule has 3 nitrogen and oxygen atoms in total. The highest BCUT2D eigenvalue weighted by atomic mass is 79.9. The summed E-state index contributed by atoms with van der Waals surface area (Å²) in [5.41, 5.74) is 0. The molecule has 0 aliphatic carbocycles. The van der Waals surface area contributed by atoms with Crippen LogP contribution in [0.2, 0.25) is 0 Å². The summed E-state index contributed by atoms with van der Waals surface area (Å²) in [5.74, 6) is 0. The van der Waals surface area contributed by atoms with Gasteiger partial charge in [0.25, 0.3) is 0 Å². The third-order valence-corrected chi connectivity index (χ3v) is 5.69. The van der Waals surface area contributed by atoms with Gasteiger partial charge in [0.2, 0.25) is 0 Å². The van der Waals surface area contributed by atoms with E-state index < -0.39 is 10.1 Å². The molecule has 0 heterocycles. The molecule has 3 aromatic carbocycles. The lowest BCUT2D eigenvalue weighted by atomic mass is 10.0. The van der Waals surface area contributed by atoms with Gasteiger partial charge in [0.15, 0.2) is 0 Å². The summed E-state index contributed by atoms with van der Waals surface area (Å²) < 4.78 is 35.1. The highest BCUT2D eigenvalue weighted by Gasteiger charge is 2.12. The molecule has 3 rings (SSSR count). The van der Waals surface area contributed by atoms with E-state index in [1.54, 1.807) is 6.07 Å². The maximum atomic E-state index is 11.2. The van der Waals surface area contributed by atoms with Crippen LogP contribution in [0.4, 0.5) is 0 Å². The van der Waals surface area contributed by atoms with Gasteiger partial charge < -0.3 is 4.55 Å². The van der Waals surface area contributed by atoms with Crippen molar-refractivity contribution in [1.29, 1.82) is 0 Å². The van der Waals surface area contributed by atoms with Gasteiger partial charge in [-0.05, 0) is 65.5 Å². The average molecular weight is 415 g/mol. The fourth-order valence-electron chi connectivity index (χ4n) is 2.21. The van der Waals surface area contributed by atoms with Gasteiger partial charge >= 0.3 is 0 Å². The molecule has 0 unspecified atom stereocenters. The summed E-state index contributed by atoms with van der Waals surface area (Å²) in [6.07, 6.45) is 0. The van der Waals surface area contributed by atoms with E-state index in [9.17, 15) is 13.0 Å². The van der Waals surface area contributed by atoms with Crippen molar-refractivity contribution in [3.05, 3.63) is 51.4 Å². The highest BCUT2D eigenvalue weighted by molar-refractivity contribution is 9.11. The molecular formula is C14H7Br2O3S-. The van der Waals surface area contributed by atoms with Gasteiger partial charge in [0.1, 0.15) is 10.1 Å². The second kappa shape index (κ2) is 4.80. The minimum absolute atomic E-state index is 0.229. The maximum Gasteiger partial charge on any atom is 0.124 e. The lowest BCUT2D eigenvalue weighted by Gasteiger charge is -2.12. The summed E-state index contributed by atoms with van der Waals surface area (Å²) in [6, 6.07) is 12.1. The van der Waals surface area contributed by atoms with Gasteiger partial charge in [-0.15, -0.1) is 0 Å². The lowest BCUT2D eigenvalue weighted by Crippen LogP contribution is -1.98. The minimum Gasteiger partial charge on any atom is -0.744 e. The molecule has 0 saturated heterocycles. The van der Waals surface area contributed by atoms with Crippen LogP contribution in [-0.4, -0.2) is 13.0 Å². The number of hydrogen-bond donors (Lipinski definition) is 0. The first-order chi connectivity index (χ1) is 9.39. The number of hydrogen-bond acceptors (Lipinski definition) is 3. The quantitative estimate of drug-likeness (QED) is 0.437. The van der Waals surface area contributed by atoms with Crippen LogP contribution in [0.25, 0.3) is 21.5 Å². The van der Waals surface area contributed by atoms with Crippen molar-refractivity contribution in [2.24, 2.45) is 0 Å². The van der Waals surface area contributed by atoms with Crippen LogP contribution in [0.3, 0.4) is 0 Å². The molecule has 0 aromatic heterocycles. The van der Waals surface area contributed by atoms with E-state index in [1.807, 2.05) is 24.3 Å². The van der Waals surface area contributed by atoms with Crippen LogP contribution in [0.5, 0.6) is 0 Å². The Labute approximate surface area is 132 Å². The molecule has 0 fully saturated rings. The molecule has 0 amide bonds. The molecule has 102 valence electrons. The van der Waals surface area contributed by atoms with Gasteiger partial charge in [-0.2, -0.15) is 0 Å². The van der Waals surface area contributed by atoms with Gasteiger partial charge in [-0.1, -0.05) is 30.3 Å². The van der Waals surface area contributed by atoms with E-state index in [4.69, 9.17) is 0 Å². The molecule has 0 N–H and O–H groups in total. The smallest absolute Gasteiger partial charge is 0.124 e. The fraction of sp³-hybridized carbons (Fsp3) is 0. The first kappa shape index (κ1) is 14.0. The lowest BCUT2D eigenvalue weighted by molar-refractivity contribution is 0.463. The highest BCUT2D eigenvalue weighted by Crippen LogP contribution is 2.39. The van der Waals surface area contributed by atoms with E-state index in [0.29, 0.717) is 5.39 Å². The van der Waals surface area contributed by atoms with Crippen molar-refractivity contribution in [3.63, 3.8) is 0 Å². The fourth-order valence-corrected chi connectivity index (χ4v) is 4.07. The first-order valence-corrected chi connectivity index (χ1v) is 8.64. The van der Waals surface area contributed by atoms with E-state index >= 15 is 0 Å². The SMILES string of the molecule is O=S(=O)([O-])c1ccc2c(Br)c3ccccc3c(Br)c2c1. The largest absolute Gasteiger partial charge is 0.744 e. The van der Waals surface area contributed by atoms with Crippen LogP contribution < -0.4 is 0 Å². The van der Waals surface area contributed by atoms with Crippen LogP contribution in [0.15, 0.2) is 56.3 Å². The maximum absolute atomic E-state index is 11.2. The molecule has 0 aliphatic rings. The predicted octanol–water partition coefficient (Wildman–Crippen LogP) is 4.42. The van der Waals surface area contributed by atoms with Gasteiger partial charge in [0.05, 0.1) is 4.90 Å². The Morgan fingerprint density at radius 2 is 1.30 bits per heavy atom. The third-order valence-electron chi connectivity index (χ3n) is 3.15. The standard InChI is InChI=1S/C14H8Br2O3S/c15-13-9-3-1-2-4-10(9)14(16)12-7-8(20(17,18)19)5-6-11(12)13/h1-7H,(H,17,18,19)/p-1. The number of fused-ring (bicyclic) bond motifs is 2.